The Morgan fingerprint density at radius 1 is 0.971 bits per heavy atom. The number of H-pyrrole nitrogens is 1. The van der Waals surface area contributed by atoms with Gasteiger partial charge in [0.05, 0.1) is 18.7 Å². The van der Waals surface area contributed by atoms with Crippen LogP contribution in [0.5, 0.6) is 0 Å². The molecule has 1 aliphatic carbocycles. The van der Waals surface area contributed by atoms with Gasteiger partial charge in [-0.05, 0) is 61.9 Å². The standard InChI is InChI=1S/C14H8F3N.C5H11NO.C5H8O.C2H6.CH4O/c15-10-3-1-8(2-4-10)13-6-9-5-11(16)7-12(17)14(9)18-13;1-6-2-4-7-5-3-6;6-4-5-2-1-3-5;2*1-2/h1-7,18H;2-5H2,1H3;4-5H,1-3H2;1-2H3;2H,1H3. The number of rotatable bonds is 2. The van der Waals surface area contributed by atoms with E-state index in [1.165, 1.54) is 24.6 Å². The van der Waals surface area contributed by atoms with Gasteiger partial charge in [0.15, 0.2) is 0 Å². The van der Waals surface area contributed by atoms with Crippen LogP contribution >= 0.6 is 0 Å². The fourth-order valence-corrected chi connectivity index (χ4v) is 3.18. The molecule has 0 amide bonds. The second-order valence-corrected chi connectivity index (χ2v) is 7.78. The van der Waals surface area contributed by atoms with Crippen LogP contribution in [0.15, 0.2) is 42.5 Å². The smallest absolute Gasteiger partial charge is 0.150 e. The minimum atomic E-state index is -0.640. The van der Waals surface area contributed by atoms with Crippen LogP contribution in [0.4, 0.5) is 13.2 Å². The van der Waals surface area contributed by atoms with E-state index in [9.17, 15) is 18.0 Å². The summed E-state index contributed by atoms with van der Waals surface area (Å²) in [5.41, 5.74) is 1.58. The lowest BCUT2D eigenvalue weighted by molar-refractivity contribution is -0.113. The van der Waals surface area contributed by atoms with Gasteiger partial charge in [0.2, 0.25) is 0 Å². The molecule has 1 aliphatic heterocycles. The predicted molar refractivity (Wildman–Crippen MR) is 135 cm³/mol. The number of aromatic nitrogens is 1. The van der Waals surface area contributed by atoms with E-state index in [-0.39, 0.29) is 11.3 Å². The number of aliphatic hydroxyl groups is 1. The normalized spacial score (nSPS) is 15.0. The van der Waals surface area contributed by atoms with E-state index in [1.54, 1.807) is 18.2 Å². The summed E-state index contributed by atoms with van der Waals surface area (Å²) in [6.45, 7) is 8.02. The van der Waals surface area contributed by atoms with Gasteiger partial charge in [-0.2, -0.15) is 0 Å². The van der Waals surface area contributed by atoms with E-state index in [4.69, 9.17) is 9.84 Å². The Morgan fingerprint density at radius 2 is 1.57 bits per heavy atom. The van der Waals surface area contributed by atoms with Crippen molar-refractivity contribution in [2.24, 2.45) is 5.92 Å². The van der Waals surface area contributed by atoms with Crippen molar-refractivity contribution in [1.29, 1.82) is 0 Å². The minimum Gasteiger partial charge on any atom is -0.400 e. The van der Waals surface area contributed by atoms with Crippen molar-refractivity contribution in [1.82, 2.24) is 9.88 Å². The first-order valence-corrected chi connectivity index (χ1v) is 11.9. The van der Waals surface area contributed by atoms with Crippen molar-refractivity contribution < 1.29 is 27.8 Å². The first kappa shape index (κ1) is 30.4. The molecule has 3 aromatic rings. The van der Waals surface area contributed by atoms with Crippen molar-refractivity contribution in [2.75, 3.05) is 40.5 Å². The van der Waals surface area contributed by atoms with E-state index in [0.717, 1.165) is 58.6 Å². The van der Waals surface area contributed by atoms with Crippen molar-refractivity contribution in [3.8, 4) is 11.3 Å². The fraction of sp³-hybridized carbons (Fsp3) is 0.444. The molecule has 1 saturated heterocycles. The van der Waals surface area contributed by atoms with Crippen LogP contribution in [0.1, 0.15) is 33.1 Å². The van der Waals surface area contributed by atoms with Crippen molar-refractivity contribution in [2.45, 2.75) is 33.1 Å². The maximum Gasteiger partial charge on any atom is 0.150 e. The molecule has 2 fully saturated rings. The number of carbonyl (C=O) groups is 1. The summed E-state index contributed by atoms with van der Waals surface area (Å²) in [5.74, 6) is -1.17. The number of hydrogen-bond donors (Lipinski definition) is 2. The highest BCUT2D eigenvalue weighted by atomic mass is 19.1. The molecule has 5 nitrogen and oxygen atoms in total. The number of fused-ring (bicyclic) bond motifs is 1. The Labute approximate surface area is 205 Å². The molecule has 1 saturated carbocycles. The number of morpholine rings is 1. The lowest BCUT2D eigenvalue weighted by Crippen LogP contribution is -2.32. The van der Waals surface area contributed by atoms with Gasteiger partial charge in [0.1, 0.15) is 23.7 Å². The average molecular weight is 495 g/mol. The number of nitrogens with one attached hydrogen (secondary N) is 1. The molecule has 2 heterocycles. The van der Waals surface area contributed by atoms with E-state index in [0.29, 0.717) is 22.6 Å². The van der Waals surface area contributed by atoms with Crippen LogP contribution in [0.3, 0.4) is 0 Å². The number of aromatic amines is 1. The highest BCUT2D eigenvalue weighted by Gasteiger charge is 2.14. The number of halogens is 3. The van der Waals surface area contributed by atoms with E-state index in [1.807, 2.05) is 13.8 Å². The first-order valence-electron chi connectivity index (χ1n) is 11.9. The van der Waals surface area contributed by atoms with Gasteiger partial charge in [0, 0.05) is 43.3 Å². The van der Waals surface area contributed by atoms with Crippen molar-refractivity contribution >= 4 is 17.2 Å². The topological polar surface area (TPSA) is 65.6 Å². The number of carbonyl (C=O) groups excluding carboxylic acids is 1. The summed E-state index contributed by atoms with van der Waals surface area (Å²) in [7, 11) is 3.11. The Bertz CT molecular complexity index is 983. The molecule has 2 N–H and O–H groups in total. The largest absolute Gasteiger partial charge is 0.400 e. The van der Waals surface area contributed by atoms with Crippen LogP contribution in [0.2, 0.25) is 0 Å². The third kappa shape index (κ3) is 10.2. The number of hydrogen-bond acceptors (Lipinski definition) is 4. The zero-order valence-electron chi connectivity index (χ0n) is 21.0. The molecule has 2 aliphatic rings. The fourth-order valence-electron chi connectivity index (χ4n) is 3.18. The van der Waals surface area contributed by atoms with Gasteiger partial charge in [-0.3, -0.25) is 0 Å². The summed E-state index contributed by atoms with van der Waals surface area (Å²) >= 11 is 0. The molecular weight excluding hydrogens is 457 g/mol. The van der Waals surface area contributed by atoms with Crippen LogP contribution < -0.4 is 0 Å². The third-order valence-electron chi connectivity index (χ3n) is 5.38. The van der Waals surface area contributed by atoms with E-state index < -0.39 is 11.6 Å². The van der Waals surface area contributed by atoms with Crippen LogP contribution in [-0.4, -0.2) is 61.7 Å². The van der Waals surface area contributed by atoms with Crippen LogP contribution in [0, 0.1) is 23.4 Å². The number of benzene rings is 2. The highest BCUT2D eigenvalue weighted by molar-refractivity contribution is 5.86. The van der Waals surface area contributed by atoms with Crippen molar-refractivity contribution in [3.05, 3.63) is 59.9 Å². The summed E-state index contributed by atoms with van der Waals surface area (Å²) < 4.78 is 44.5. The predicted octanol–water partition coefficient (Wildman–Crippen LogP) is 5.82. The lowest BCUT2D eigenvalue weighted by atomic mass is 9.87. The molecule has 5 rings (SSSR count). The minimum absolute atomic E-state index is 0.246. The molecule has 0 atom stereocenters. The summed E-state index contributed by atoms with van der Waals surface area (Å²) in [4.78, 5) is 14.9. The van der Waals surface area contributed by atoms with Crippen LogP contribution in [0.25, 0.3) is 22.2 Å². The monoisotopic (exact) mass is 494 g/mol. The Kier molecular flexibility index (Phi) is 14.6. The van der Waals surface area contributed by atoms with Gasteiger partial charge in [-0.25, -0.2) is 13.2 Å². The zero-order chi connectivity index (χ0) is 26.2. The molecule has 2 aromatic carbocycles. The van der Waals surface area contributed by atoms with Crippen molar-refractivity contribution in [3.63, 3.8) is 0 Å². The molecule has 194 valence electrons. The first-order chi connectivity index (χ1) is 17.0. The Morgan fingerprint density at radius 3 is 2.00 bits per heavy atom. The number of likely N-dealkylation sites (N-methyl/N-ethyl adjacent to an activating group) is 1. The molecule has 8 heteroatoms. The van der Waals surface area contributed by atoms with Gasteiger partial charge >= 0.3 is 0 Å². The van der Waals surface area contributed by atoms with Gasteiger partial charge in [0.25, 0.3) is 0 Å². The molecule has 1 aromatic heterocycles. The van der Waals surface area contributed by atoms with E-state index in [2.05, 4.69) is 16.9 Å². The lowest BCUT2D eigenvalue weighted by Gasteiger charge is -2.21. The van der Waals surface area contributed by atoms with Crippen LogP contribution in [-0.2, 0) is 9.53 Å². The second-order valence-electron chi connectivity index (χ2n) is 7.78. The third-order valence-corrected chi connectivity index (χ3v) is 5.38. The number of nitrogens with zero attached hydrogens (tertiary/aromatic N) is 1. The number of aliphatic hydroxyl groups excluding tert-OH is 1. The molecule has 0 radical (unpaired) electrons. The molecule has 0 bridgehead atoms. The van der Waals surface area contributed by atoms with Gasteiger partial charge in [-0.15, -0.1) is 0 Å². The van der Waals surface area contributed by atoms with Gasteiger partial charge in [-0.1, -0.05) is 20.3 Å². The number of ether oxygens (including phenoxy) is 1. The quantitative estimate of drug-likeness (QED) is 0.441. The Balaban J connectivity index is 0.000000296. The summed E-state index contributed by atoms with van der Waals surface area (Å²) in [5, 5.41) is 7.45. The summed E-state index contributed by atoms with van der Waals surface area (Å²) in [6, 6.07) is 9.50. The highest BCUT2D eigenvalue weighted by Crippen LogP contribution is 2.26. The maximum absolute atomic E-state index is 13.5. The number of aldehydes is 1. The summed E-state index contributed by atoms with van der Waals surface area (Å²) in [6.07, 6.45) is 4.61. The Hall–Kier alpha value is -2.68. The van der Waals surface area contributed by atoms with Gasteiger partial charge < -0.3 is 24.5 Å². The molecular formula is C27H37F3N2O3. The second kappa shape index (κ2) is 16.9. The molecule has 0 unspecified atom stereocenters. The average Bonchev–Trinajstić information content (AvgIpc) is 3.27. The molecule has 0 spiro atoms. The maximum atomic E-state index is 13.5. The zero-order valence-corrected chi connectivity index (χ0v) is 21.0. The van der Waals surface area contributed by atoms with E-state index >= 15 is 0 Å². The molecule has 35 heavy (non-hydrogen) atoms. The SMILES string of the molecule is CC.CN1CCOCC1.CO.Fc1ccc(-c2cc3cc(F)cc(F)c3[nH]2)cc1.O=CC1CCC1.